The first-order valence-corrected chi connectivity index (χ1v) is 8.33. The maximum Gasteiger partial charge on any atom is 0.115 e. The van der Waals surface area contributed by atoms with Crippen molar-refractivity contribution in [3.63, 3.8) is 0 Å². The summed E-state index contributed by atoms with van der Waals surface area (Å²) < 4.78 is 6.01. The number of ether oxygens (including phenoxy) is 1. The molecule has 2 saturated carbocycles. The average molecular weight is 289 g/mol. The van der Waals surface area contributed by atoms with E-state index in [4.69, 9.17) is 4.74 Å². The SMILES string of the molecule is CCOC1CC(Nc2ccc(O)cc2C)C12CCCCC2. The molecular weight excluding hydrogens is 262 g/mol. The molecule has 2 aliphatic carbocycles. The minimum atomic E-state index is 0.332. The molecule has 0 saturated heterocycles. The van der Waals surface area contributed by atoms with Crippen LogP contribution in [0.3, 0.4) is 0 Å². The van der Waals surface area contributed by atoms with Crippen LogP contribution in [0.5, 0.6) is 5.75 Å². The first kappa shape index (κ1) is 14.7. The molecule has 0 heterocycles. The predicted molar refractivity (Wildman–Crippen MR) is 85.8 cm³/mol. The third-order valence-corrected chi connectivity index (χ3v) is 5.48. The Bertz CT molecular complexity index is 494. The van der Waals surface area contributed by atoms with Crippen LogP contribution in [0.2, 0.25) is 0 Å². The minimum Gasteiger partial charge on any atom is -0.508 e. The summed E-state index contributed by atoms with van der Waals surface area (Å²) in [5, 5.41) is 13.3. The quantitative estimate of drug-likeness (QED) is 0.815. The van der Waals surface area contributed by atoms with Gasteiger partial charge in [0, 0.05) is 23.8 Å². The number of nitrogens with one attached hydrogen (secondary N) is 1. The van der Waals surface area contributed by atoms with E-state index in [1.54, 1.807) is 6.07 Å². The van der Waals surface area contributed by atoms with Gasteiger partial charge in [-0.25, -0.2) is 0 Å². The van der Waals surface area contributed by atoms with Gasteiger partial charge in [0.25, 0.3) is 0 Å². The van der Waals surface area contributed by atoms with Gasteiger partial charge in [0.2, 0.25) is 0 Å². The lowest BCUT2D eigenvalue weighted by atomic mass is 9.55. The average Bonchev–Trinajstić information content (AvgIpc) is 2.49. The van der Waals surface area contributed by atoms with Crippen molar-refractivity contribution in [1.29, 1.82) is 0 Å². The lowest BCUT2D eigenvalue weighted by Gasteiger charge is -2.58. The molecule has 1 aromatic carbocycles. The van der Waals surface area contributed by atoms with Crippen molar-refractivity contribution in [2.75, 3.05) is 11.9 Å². The van der Waals surface area contributed by atoms with Crippen LogP contribution in [-0.4, -0.2) is 23.9 Å². The zero-order chi connectivity index (χ0) is 14.9. The second-order valence-electron chi connectivity index (χ2n) is 6.67. The van der Waals surface area contributed by atoms with Gasteiger partial charge < -0.3 is 15.2 Å². The van der Waals surface area contributed by atoms with Crippen LogP contribution in [0.15, 0.2) is 18.2 Å². The lowest BCUT2D eigenvalue weighted by molar-refractivity contribution is -0.134. The summed E-state index contributed by atoms with van der Waals surface area (Å²) in [7, 11) is 0. The van der Waals surface area contributed by atoms with Crippen molar-refractivity contribution in [2.24, 2.45) is 5.41 Å². The van der Waals surface area contributed by atoms with Crippen LogP contribution < -0.4 is 5.32 Å². The molecule has 3 nitrogen and oxygen atoms in total. The Morgan fingerprint density at radius 3 is 2.71 bits per heavy atom. The molecule has 116 valence electrons. The number of aromatic hydroxyl groups is 1. The second kappa shape index (κ2) is 5.88. The Balaban J connectivity index is 1.75. The van der Waals surface area contributed by atoms with Crippen LogP contribution in [-0.2, 0) is 4.74 Å². The third kappa shape index (κ3) is 2.64. The van der Waals surface area contributed by atoms with Gasteiger partial charge in [-0.3, -0.25) is 0 Å². The molecule has 2 fully saturated rings. The summed E-state index contributed by atoms with van der Waals surface area (Å²) in [6, 6.07) is 6.10. The van der Waals surface area contributed by atoms with Crippen LogP contribution in [0.4, 0.5) is 5.69 Å². The molecule has 2 N–H and O–H groups in total. The van der Waals surface area contributed by atoms with E-state index in [0.29, 0.717) is 23.3 Å². The van der Waals surface area contributed by atoms with E-state index in [2.05, 4.69) is 12.2 Å². The zero-order valence-corrected chi connectivity index (χ0v) is 13.2. The van der Waals surface area contributed by atoms with Gasteiger partial charge in [-0.2, -0.15) is 0 Å². The summed E-state index contributed by atoms with van der Waals surface area (Å²) in [5.74, 6) is 0.339. The first-order valence-electron chi connectivity index (χ1n) is 8.33. The van der Waals surface area contributed by atoms with Crippen molar-refractivity contribution >= 4 is 5.69 Å². The first-order chi connectivity index (χ1) is 10.2. The fraction of sp³-hybridized carbons (Fsp3) is 0.667. The van der Waals surface area contributed by atoms with Crippen molar-refractivity contribution in [1.82, 2.24) is 0 Å². The number of anilines is 1. The van der Waals surface area contributed by atoms with E-state index in [0.717, 1.165) is 24.3 Å². The predicted octanol–water partition coefficient (Wildman–Crippen LogP) is 4.24. The Kier molecular flexibility index (Phi) is 4.12. The number of phenols is 1. The highest BCUT2D eigenvalue weighted by Gasteiger charge is 2.55. The zero-order valence-electron chi connectivity index (χ0n) is 13.2. The lowest BCUT2D eigenvalue weighted by Crippen LogP contribution is -2.62. The van der Waals surface area contributed by atoms with Crippen LogP contribution in [0.1, 0.15) is 51.0 Å². The number of aryl methyl sites for hydroxylation is 1. The fourth-order valence-electron chi connectivity index (χ4n) is 4.26. The third-order valence-electron chi connectivity index (χ3n) is 5.48. The minimum absolute atomic E-state index is 0.332. The van der Waals surface area contributed by atoms with E-state index in [1.807, 2.05) is 19.1 Å². The highest BCUT2D eigenvalue weighted by Crippen LogP contribution is 2.54. The topological polar surface area (TPSA) is 41.5 Å². The van der Waals surface area contributed by atoms with Crippen LogP contribution in [0.25, 0.3) is 0 Å². The number of benzene rings is 1. The summed E-state index contributed by atoms with van der Waals surface area (Å²) >= 11 is 0. The maximum atomic E-state index is 9.55. The molecule has 0 aromatic heterocycles. The monoisotopic (exact) mass is 289 g/mol. The van der Waals surface area contributed by atoms with Gasteiger partial charge in [-0.15, -0.1) is 0 Å². The van der Waals surface area contributed by atoms with Crippen molar-refractivity contribution in [2.45, 2.75) is 64.5 Å². The molecule has 3 heteroatoms. The molecule has 1 aromatic rings. The summed E-state index contributed by atoms with van der Waals surface area (Å²) in [6.07, 6.45) is 8.13. The van der Waals surface area contributed by atoms with E-state index in [9.17, 15) is 5.11 Å². The molecule has 2 atom stereocenters. The van der Waals surface area contributed by atoms with Crippen molar-refractivity contribution in [3.8, 4) is 5.75 Å². The van der Waals surface area contributed by atoms with Gasteiger partial charge in [-0.1, -0.05) is 19.3 Å². The molecule has 0 bridgehead atoms. The molecular formula is C18H27NO2. The smallest absolute Gasteiger partial charge is 0.115 e. The largest absolute Gasteiger partial charge is 0.508 e. The van der Waals surface area contributed by atoms with E-state index >= 15 is 0 Å². The Hall–Kier alpha value is -1.22. The van der Waals surface area contributed by atoms with Gasteiger partial charge >= 0.3 is 0 Å². The molecule has 0 radical (unpaired) electrons. The normalized spacial score (nSPS) is 27.3. The van der Waals surface area contributed by atoms with Gasteiger partial charge in [0.1, 0.15) is 5.75 Å². The molecule has 3 rings (SSSR count). The Labute approximate surface area is 127 Å². The number of hydrogen-bond acceptors (Lipinski definition) is 3. The van der Waals surface area contributed by atoms with E-state index in [-0.39, 0.29) is 0 Å². The van der Waals surface area contributed by atoms with E-state index in [1.165, 1.54) is 32.1 Å². The number of hydrogen-bond donors (Lipinski definition) is 2. The molecule has 1 spiro atoms. The highest BCUT2D eigenvalue weighted by molar-refractivity contribution is 5.54. The standard InChI is InChI=1S/C18H27NO2/c1-3-21-17-12-16(18(17)9-5-4-6-10-18)19-15-8-7-14(20)11-13(15)2/h7-8,11,16-17,19-20H,3-6,9-10,12H2,1-2H3. The summed E-state index contributed by atoms with van der Waals surface area (Å²) in [4.78, 5) is 0. The maximum absolute atomic E-state index is 9.55. The van der Waals surface area contributed by atoms with Crippen LogP contribution in [0, 0.1) is 12.3 Å². The summed E-state index contributed by atoms with van der Waals surface area (Å²) in [6.45, 7) is 4.97. The van der Waals surface area contributed by atoms with Crippen molar-refractivity contribution in [3.05, 3.63) is 23.8 Å². The molecule has 2 unspecified atom stereocenters. The molecule has 0 amide bonds. The van der Waals surface area contributed by atoms with Gasteiger partial charge in [-0.05, 0) is 56.9 Å². The van der Waals surface area contributed by atoms with E-state index < -0.39 is 0 Å². The van der Waals surface area contributed by atoms with Gasteiger partial charge in [0.15, 0.2) is 0 Å². The van der Waals surface area contributed by atoms with Crippen LogP contribution >= 0.6 is 0 Å². The molecule has 21 heavy (non-hydrogen) atoms. The summed E-state index contributed by atoms with van der Waals surface area (Å²) in [5.41, 5.74) is 2.59. The number of rotatable bonds is 4. The molecule has 2 aliphatic rings. The second-order valence-corrected chi connectivity index (χ2v) is 6.67. The molecule has 0 aliphatic heterocycles. The Morgan fingerprint density at radius 2 is 2.05 bits per heavy atom. The highest BCUT2D eigenvalue weighted by atomic mass is 16.5. The van der Waals surface area contributed by atoms with Crippen molar-refractivity contribution < 1.29 is 9.84 Å². The fourth-order valence-corrected chi connectivity index (χ4v) is 4.26. The number of phenolic OH excluding ortho intramolecular Hbond substituents is 1. The Morgan fingerprint density at radius 1 is 1.29 bits per heavy atom. The van der Waals surface area contributed by atoms with Gasteiger partial charge in [0.05, 0.1) is 6.10 Å².